The maximum Gasteiger partial charge on any atom is 0.411 e. The standard InChI is InChI=1S/C17H25NO2S/c1-12(2)14-15(13-9-7-6-8-10-13)20-16(19)18(14)11-21-17(3,4)5/h6-10,12,14-15H,11H2,1-5H3/t14-,15+/m1/s1. The molecule has 1 aromatic rings. The summed E-state index contributed by atoms with van der Waals surface area (Å²) in [5, 5.41) is 0. The van der Waals surface area contributed by atoms with E-state index in [0.717, 1.165) is 5.56 Å². The first-order valence-corrected chi connectivity index (χ1v) is 8.44. The molecule has 116 valence electrons. The summed E-state index contributed by atoms with van der Waals surface area (Å²) < 4.78 is 5.80. The van der Waals surface area contributed by atoms with E-state index in [1.807, 2.05) is 35.2 Å². The van der Waals surface area contributed by atoms with Gasteiger partial charge in [-0.3, -0.25) is 4.90 Å². The highest BCUT2D eigenvalue weighted by Crippen LogP contribution is 2.38. The summed E-state index contributed by atoms with van der Waals surface area (Å²) in [5.41, 5.74) is 1.08. The monoisotopic (exact) mass is 307 g/mol. The SMILES string of the molecule is CC(C)[C@@H]1[C@H](c2ccccc2)OC(=O)N1CSC(C)(C)C. The first-order chi connectivity index (χ1) is 9.79. The molecule has 3 nitrogen and oxygen atoms in total. The Labute approximate surface area is 132 Å². The van der Waals surface area contributed by atoms with Crippen molar-refractivity contribution in [1.29, 1.82) is 0 Å². The Morgan fingerprint density at radius 1 is 1.24 bits per heavy atom. The summed E-state index contributed by atoms with van der Waals surface area (Å²) in [6, 6.07) is 10.1. The molecule has 0 N–H and O–H groups in total. The number of rotatable bonds is 4. The minimum Gasteiger partial charge on any atom is -0.439 e. The number of hydrogen-bond acceptors (Lipinski definition) is 3. The zero-order valence-corrected chi connectivity index (χ0v) is 14.3. The largest absolute Gasteiger partial charge is 0.439 e. The minimum absolute atomic E-state index is 0.0924. The summed E-state index contributed by atoms with van der Waals surface area (Å²) in [6.45, 7) is 10.8. The van der Waals surface area contributed by atoms with Crippen LogP contribution in [0, 0.1) is 5.92 Å². The average Bonchev–Trinajstić information content (AvgIpc) is 2.74. The van der Waals surface area contributed by atoms with Gasteiger partial charge in [-0.1, -0.05) is 65.0 Å². The number of hydrogen-bond donors (Lipinski definition) is 0. The van der Waals surface area contributed by atoms with E-state index in [1.165, 1.54) is 0 Å². The third kappa shape index (κ3) is 3.94. The second kappa shape index (κ2) is 6.30. The summed E-state index contributed by atoms with van der Waals surface area (Å²) in [6.07, 6.45) is -0.362. The van der Waals surface area contributed by atoms with Crippen LogP contribution < -0.4 is 0 Å². The molecule has 0 aliphatic carbocycles. The number of cyclic esters (lactones) is 1. The van der Waals surface area contributed by atoms with Crippen molar-refractivity contribution in [2.45, 2.75) is 51.5 Å². The number of carbonyl (C=O) groups excluding carboxylic acids is 1. The van der Waals surface area contributed by atoms with E-state index in [1.54, 1.807) is 11.8 Å². The predicted octanol–water partition coefficient (Wildman–Crippen LogP) is 4.69. The van der Waals surface area contributed by atoms with Gasteiger partial charge in [-0.25, -0.2) is 4.79 Å². The summed E-state index contributed by atoms with van der Waals surface area (Å²) in [5.74, 6) is 1.02. The van der Waals surface area contributed by atoms with Crippen molar-refractivity contribution in [1.82, 2.24) is 4.90 Å². The Kier molecular flexibility index (Phi) is 4.87. The summed E-state index contributed by atoms with van der Waals surface area (Å²) >= 11 is 1.78. The third-order valence-corrected chi connectivity index (χ3v) is 4.85. The molecule has 1 fully saturated rings. The lowest BCUT2D eigenvalue weighted by atomic mass is 9.93. The van der Waals surface area contributed by atoms with Gasteiger partial charge in [-0.05, 0) is 11.5 Å². The fourth-order valence-corrected chi connectivity index (χ4v) is 3.35. The van der Waals surface area contributed by atoms with Crippen LogP contribution >= 0.6 is 11.8 Å². The Bertz CT molecular complexity index is 481. The van der Waals surface area contributed by atoms with Crippen molar-refractivity contribution < 1.29 is 9.53 Å². The van der Waals surface area contributed by atoms with Gasteiger partial charge in [0.15, 0.2) is 0 Å². The number of thioether (sulfide) groups is 1. The molecule has 0 bridgehead atoms. The van der Waals surface area contributed by atoms with Gasteiger partial charge in [0.05, 0.1) is 11.9 Å². The molecular formula is C17H25NO2S. The molecule has 1 amide bonds. The van der Waals surface area contributed by atoms with Crippen molar-refractivity contribution in [3.05, 3.63) is 35.9 Å². The van der Waals surface area contributed by atoms with Crippen LogP contribution in [0.4, 0.5) is 4.79 Å². The van der Waals surface area contributed by atoms with E-state index in [2.05, 4.69) is 34.6 Å². The van der Waals surface area contributed by atoms with Crippen LogP contribution in [0.3, 0.4) is 0 Å². The maximum atomic E-state index is 12.3. The van der Waals surface area contributed by atoms with Gasteiger partial charge in [-0.2, -0.15) is 0 Å². The molecule has 0 saturated carbocycles. The Morgan fingerprint density at radius 3 is 2.38 bits per heavy atom. The molecule has 1 aliphatic heterocycles. The van der Waals surface area contributed by atoms with Gasteiger partial charge in [0, 0.05) is 4.75 Å². The average molecular weight is 307 g/mol. The molecule has 2 atom stereocenters. The second-order valence-corrected chi connectivity index (χ2v) is 8.58. The molecule has 0 radical (unpaired) electrons. The van der Waals surface area contributed by atoms with E-state index in [-0.39, 0.29) is 23.0 Å². The molecule has 1 heterocycles. The van der Waals surface area contributed by atoms with E-state index in [4.69, 9.17) is 4.74 Å². The number of benzene rings is 1. The van der Waals surface area contributed by atoms with Crippen LogP contribution in [-0.2, 0) is 4.74 Å². The van der Waals surface area contributed by atoms with E-state index in [0.29, 0.717) is 11.8 Å². The van der Waals surface area contributed by atoms with Crippen LogP contribution in [0.1, 0.15) is 46.3 Å². The Balaban J connectivity index is 2.20. The normalized spacial score (nSPS) is 22.8. The Morgan fingerprint density at radius 2 is 1.86 bits per heavy atom. The molecule has 0 aromatic heterocycles. The maximum absolute atomic E-state index is 12.3. The van der Waals surface area contributed by atoms with E-state index >= 15 is 0 Å². The molecular weight excluding hydrogens is 282 g/mol. The van der Waals surface area contributed by atoms with Crippen molar-refractivity contribution in [2.24, 2.45) is 5.92 Å². The van der Waals surface area contributed by atoms with Crippen LogP contribution in [0.5, 0.6) is 0 Å². The van der Waals surface area contributed by atoms with Crippen molar-refractivity contribution >= 4 is 17.9 Å². The fourth-order valence-electron chi connectivity index (χ4n) is 2.55. The van der Waals surface area contributed by atoms with Crippen molar-refractivity contribution in [3.8, 4) is 0 Å². The van der Waals surface area contributed by atoms with Crippen molar-refractivity contribution in [3.63, 3.8) is 0 Å². The molecule has 4 heteroatoms. The Hall–Kier alpha value is -1.16. The predicted molar refractivity (Wildman–Crippen MR) is 88.3 cm³/mol. The first-order valence-electron chi connectivity index (χ1n) is 7.46. The lowest BCUT2D eigenvalue weighted by Crippen LogP contribution is -2.38. The van der Waals surface area contributed by atoms with Crippen LogP contribution in [-0.4, -0.2) is 27.7 Å². The number of ether oxygens (including phenoxy) is 1. The van der Waals surface area contributed by atoms with Gasteiger partial charge in [0.2, 0.25) is 0 Å². The van der Waals surface area contributed by atoms with Crippen LogP contribution in [0.2, 0.25) is 0 Å². The van der Waals surface area contributed by atoms with E-state index in [9.17, 15) is 4.79 Å². The lowest BCUT2D eigenvalue weighted by Gasteiger charge is -2.30. The lowest BCUT2D eigenvalue weighted by molar-refractivity contribution is 0.126. The molecule has 21 heavy (non-hydrogen) atoms. The van der Waals surface area contributed by atoms with Crippen molar-refractivity contribution in [2.75, 3.05) is 5.88 Å². The summed E-state index contributed by atoms with van der Waals surface area (Å²) in [7, 11) is 0. The van der Waals surface area contributed by atoms with Gasteiger partial charge < -0.3 is 4.74 Å². The zero-order chi connectivity index (χ0) is 15.6. The van der Waals surface area contributed by atoms with Gasteiger partial charge in [0.1, 0.15) is 6.10 Å². The van der Waals surface area contributed by atoms with Crippen LogP contribution in [0.15, 0.2) is 30.3 Å². The first kappa shape index (κ1) is 16.2. The fraction of sp³-hybridized carbons (Fsp3) is 0.588. The van der Waals surface area contributed by atoms with Gasteiger partial charge in [0.25, 0.3) is 0 Å². The van der Waals surface area contributed by atoms with Gasteiger partial charge >= 0.3 is 6.09 Å². The topological polar surface area (TPSA) is 29.5 Å². The highest BCUT2D eigenvalue weighted by atomic mass is 32.2. The quantitative estimate of drug-likeness (QED) is 0.808. The zero-order valence-electron chi connectivity index (χ0n) is 13.5. The van der Waals surface area contributed by atoms with Crippen LogP contribution in [0.25, 0.3) is 0 Å². The van der Waals surface area contributed by atoms with Gasteiger partial charge in [-0.15, -0.1) is 11.8 Å². The molecule has 1 saturated heterocycles. The number of nitrogens with zero attached hydrogens (tertiary/aromatic N) is 1. The molecule has 2 rings (SSSR count). The number of amides is 1. The second-order valence-electron chi connectivity index (χ2n) is 6.81. The number of carbonyl (C=O) groups is 1. The minimum atomic E-state index is -0.195. The highest BCUT2D eigenvalue weighted by molar-refractivity contribution is 8.00. The molecule has 1 aromatic carbocycles. The smallest absolute Gasteiger partial charge is 0.411 e. The molecule has 1 aliphatic rings. The molecule has 0 unspecified atom stereocenters. The molecule has 0 spiro atoms. The summed E-state index contributed by atoms with van der Waals surface area (Å²) in [4.78, 5) is 14.2. The van der Waals surface area contributed by atoms with E-state index < -0.39 is 0 Å². The third-order valence-electron chi connectivity index (χ3n) is 3.58. The highest BCUT2D eigenvalue weighted by Gasteiger charge is 2.44.